The van der Waals surface area contributed by atoms with Crippen molar-refractivity contribution in [1.29, 1.82) is 0 Å². The summed E-state index contributed by atoms with van der Waals surface area (Å²) in [7, 11) is 0. The van der Waals surface area contributed by atoms with Gasteiger partial charge in [-0.05, 0) is 5.56 Å². The Labute approximate surface area is 95.7 Å². The van der Waals surface area contributed by atoms with Gasteiger partial charge in [0.05, 0.1) is 6.61 Å². The number of nitrogens with zero attached hydrogens (tertiary/aromatic N) is 2. The summed E-state index contributed by atoms with van der Waals surface area (Å²) in [6, 6.07) is 10.2. The average Bonchev–Trinajstić information content (AvgIpc) is 2.78. The highest BCUT2D eigenvalue weighted by Gasteiger charge is 1.99. The van der Waals surface area contributed by atoms with Gasteiger partial charge in [-0.25, -0.2) is 4.98 Å². The van der Waals surface area contributed by atoms with E-state index in [2.05, 4.69) is 24.0 Å². The lowest BCUT2D eigenvalue weighted by Gasteiger charge is -2.07. The van der Waals surface area contributed by atoms with Gasteiger partial charge in [0.15, 0.2) is 0 Å². The smallest absolute Gasteiger partial charge is 0.124 e. The molecule has 3 nitrogen and oxygen atoms in total. The molecule has 0 saturated carbocycles. The van der Waals surface area contributed by atoms with Crippen LogP contribution < -0.4 is 0 Å². The van der Waals surface area contributed by atoms with Gasteiger partial charge in [-0.15, -0.1) is 0 Å². The minimum absolute atomic E-state index is 0.568. The average molecular weight is 216 g/mol. The fraction of sp³-hybridized carbons (Fsp3) is 0.308. The Bertz CT molecular complexity index is 423. The maximum atomic E-state index is 5.63. The molecular weight excluding hydrogens is 200 g/mol. The lowest BCUT2D eigenvalue weighted by atomic mass is 10.2. The van der Waals surface area contributed by atoms with Crippen molar-refractivity contribution >= 4 is 0 Å². The Kier molecular flexibility index (Phi) is 3.72. The summed E-state index contributed by atoms with van der Waals surface area (Å²) in [5.41, 5.74) is 1.20. The highest BCUT2D eigenvalue weighted by atomic mass is 16.5. The normalized spacial score (nSPS) is 10.6. The molecule has 0 aliphatic carbocycles. The molecule has 0 aliphatic rings. The third-order valence-corrected chi connectivity index (χ3v) is 2.46. The molecule has 84 valence electrons. The van der Waals surface area contributed by atoms with Crippen LogP contribution in [0.3, 0.4) is 0 Å². The lowest BCUT2D eigenvalue weighted by molar-refractivity contribution is 0.0622. The third-order valence-electron chi connectivity index (χ3n) is 2.46. The molecule has 0 amide bonds. The minimum atomic E-state index is 0.568. The summed E-state index contributed by atoms with van der Waals surface area (Å²) < 4.78 is 7.66. The van der Waals surface area contributed by atoms with E-state index < -0.39 is 0 Å². The van der Waals surface area contributed by atoms with E-state index in [1.165, 1.54) is 5.56 Å². The molecular formula is C13H16N2O. The monoisotopic (exact) mass is 216 g/mol. The van der Waals surface area contributed by atoms with Crippen LogP contribution >= 0.6 is 0 Å². The number of hydrogen-bond donors (Lipinski definition) is 0. The van der Waals surface area contributed by atoms with E-state index in [1.807, 2.05) is 35.2 Å². The number of hydrogen-bond acceptors (Lipinski definition) is 2. The molecule has 0 aliphatic heterocycles. The molecule has 0 unspecified atom stereocenters. The molecule has 16 heavy (non-hydrogen) atoms. The summed E-state index contributed by atoms with van der Waals surface area (Å²) in [5.74, 6) is 1.06. The van der Waals surface area contributed by atoms with E-state index >= 15 is 0 Å². The van der Waals surface area contributed by atoms with Crippen LogP contribution in [-0.4, -0.2) is 9.55 Å². The molecule has 1 aromatic carbocycles. The van der Waals surface area contributed by atoms with Crippen LogP contribution in [0.1, 0.15) is 18.3 Å². The predicted octanol–water partition coefficient (Wildman–Crippen LogP) is 2.62. The summed E-state index contributed by atoms with van der Waals surface area (Å²) in [6.45, 7) is 3.30. The SMILES string of the molecule is CCc1nccn1COCc1ccccc1. The summed E-state index contributed by atoms with van der Waals surface area (Å²) >= 11 is 0. The molecule has 0 radical (unpaired) electrons. The molecule has 0 fully saturated rings. The lowest BCUT2D eigenvalue weighted by Crippen LogP contribution is -2.05. The Hall–Kier alpha value is -1.61. The van der Waals surface area contributed by atoms with Crippen molar-refractivity contribution in [2.24, 2.45) is 0 Å². The maximum Gasteiger partial charge on any atom is 0.124 e. The molecule has 0 N–H and O–H groups in total. The first kappa shape index (κ1) is 10.9. The van der Waals surface area contributed by atoms with Crippen LogP contribution in [0, 0.1) is 0 Å². The number of benzene rings is 1. The zero-order chi connectivity index (χ0) is 11.2. The number of aryl methyl sites for hydroxylation is 1. The van der Waals surface area contributed by atoms with E-state index in [0.717, 1.165) is 12.2 Å². The van der Waals surface area contributed by atoms with Crippen molar-refractivity contribution in [3.8, 4) is 0 Å². The topological polar surface area (TPSA) is 27.1 Å². The third kappa shape index (κ3) is 2.70. The standard InChI is InChI=1S/C13H16N2O/c1-2-13-14-8-9-15(13)11-16-10-12-6-4-3-5-7-12/h3-9H,2,10-11H2,1H3. The van der Waals surface area contributed by atoms with E-state index in [1.54, 1.807) is 0 Å². The highest BCUT2D eigenvalue weighted by molar-refractivity contribution is 5.13. The van der Waals surface area contributed by atoms with Crippen LogP contribution in [-0.2, 0) is 24.5 Å². The molecule has 1 aromatic heterocycles. The second-order valence-corrected chi connectivity index (χ2v) is 3.63. The first-order valence-electron chi connectivity index (χ1n) is 5.52. The van der Waals surface area contributed by atoms with Crippen molar-refractivity contribution in [3.05, 3.63) is 54.1 Å². The fourth-order valence-electron chi connectivity index (χ4n) is 1.61. The van der Waals surface area contributed by atoms with Gasteiger partial charge >= 0.3 is 0 Å². The predicted molar refractivity (Wildman–Crippen MR) is 62.8 cm³/mol. The molecule has 3 heteroatoms. The Morgan fingerprint density at radius 3 is 2.81 bits per heavy atom. The number of ether oxygens (including phenoxy) is 1. The molecule has 2 aromatic rings. The van der Waals surface area contributed by atoms with Crippen molar-refractivity contribution in [2.45, 2.75) is 26.7 Å². The van der Waals surface area contributed by atoms with Gasteiger partial charge in [0.1, 0.15) is 12.6 Å². The minimum Gasteiger partial charge on any atom is -0.356 e. The van der Waals surface area contributed by atoms with Gasteiger partial charge in [-0.3, -0.25) is 0 Å². The van der Waals surface area contributed by atoms with Gasteiger partial charge in [0.25, 0.3) is 0 Å². The fourth-order valence-corrected chi connectivity index (χ4v) is 1.61. The maximum absolute atomic E-state index is 5.63. The highest BCUT2D eigenvalue weighted by Crippen LogP contribution is 2.03. The van der Waals surface area contributed by atoms with Crippen molar-refractivity contribution in [2.75, 3.05) is 0 Å². The first-order valence-corrected chi connectivity index (χ1v) is 5.52. The Morgan fingerprint density at radius 1 is 1.25 bits per heavy atom. The first-order chi connectivity index (χ1) is 7.90. The van der Waals surface area contributed by atoms with Crippen LogP contribution in [0.5, 0.6) is 0 Å². The van der Waals surface area contributed by atoms with Gasteiger partial charge in [0, 0.05) is 18.8 Å². The van der Waals surface area contributed by atoms with E-state index in [-0.39, 0.29) is 0 Å². The van der Waals surface area contributed by atoms with Crippen LogP contribution in [0.25, 0.3) is 0 Å². The van der Waals surface area contributed by atoms with Crippen molar-refractivity contribution in [1.82, 2.24) is 9.55 Å². The molecule has 1 heterocycles. The van der Waals surface area contributed by atoms with Gasteiger partial charge in [-0.1, -0.05) is 37.3 Å². The number of aromatic nitrogens is 2. The van der Waals surface area contributed by atoms with Crippen molar-refractivity contribution < 1.29 is 4.74 Å². The Morgan fingerprint density at radius 2 is 2.06 bits per heavy atom. The van der Waals surface area contributed by atoms with Crippen molar-refractivity contribution in [3.63, 3.8) is 0 Å². The second-order valence-electron chi connectivity index (χ2n) is 3.63. The Balaban J connectivity index is 1.85. The van der Waals surface area contributed by atoms with Gasteiger partial charge in [-0.2, -0.15) is 0 Å². The zero-order valence-corrected chi connectivity index (χ0v) is 9.47. The summed E-state index contributed by atoms with van der Waals surface area (Å²) in [6.07, 6.45) is 4.69. The summed E-state index contributed by atoms with van der Waals surface area (Å²) in [4.78, 5) is 4.24. The molecule has 0 spiro atoms. The number of imidazole rings is 1. The quantitative estimate of drug-likeness (QED) is 0.768. The van der Waals surface area contributed by atoms with E-state index in [0.29, 0.717) is 13.3 Å². The van der Waals surface area contributed by atoms with Crippen LogP contribution in [0.4, 0.5) is 0 Å². The zero-order valence-electron chi connectivity index (χ0n) is 9.47. The molecule has 0 bridgehead atoms. The van der Waals surface area contributed by atoms with Gasteiger partial charge in [0.2, 0.25) is 0 Å². The van der Waals surface area contributed by atoms with Crippen LogP contribution in [0.15, 0.2) is 42.7 Å². The summed E-state index contributed by atoms with van der Waals surface area (Å²) in [5, 5.41) is 0. The second kappa shape index (κ2) is 5.47. The largest absolute Gasteiger partial charge is 0.356 e. The molecule has 0 atom stereocenters. The molecule has 2 rings (SSSR count). The van der Waals surface area contributed by atoms with E-state index in [4.69, 9.17) is 4.74 Å². The number of rotatable bonds is 5. The van der Waals surface area contributed by atoms with Gasteiger partial charge < -0.3 is 9.30 Å². The molecule has 0 saturated heterocycles. The van der Waals surface area contributed by atoms with E-state index in [9.17, 15) is 0 Å². The van der Waals surface area contributed by atoms with Crippen LogP contribution in [0.2, 0.25) is 0 Å².